The Labute approximate surface area is 169 Å². The fourth-order valence-electron chi connectivity index (χ4n) is 3.87. The Hall–Kier alpha value is -3.16. The first-order valence-electron chi connectivity index (χ1n) is 9.80. The second-order valence-electron chi connectivity index (χ2n) is 7.85. The first-order chi connectivity index (χ1) is 13.9. The first-order valence-corrected chi connectivity index (χ1v) is 9.80. The summed E-state index contributed by atoms with van der Waals surface area (Å²) in [5, 5.41) is 7.01. The van der Waals surface area contributed by atoms with E-state index in [1.807, 2.05) is 24.8 Å². The van der Waals surface area contributed by atoms with Crippen molar-refractivity contribution in [2.75, 3.05) is 23.3 Å². The molecule has 4 rings (SSSR count). The van der Waals surface area contributed by atoms with Crippen molar-refractivity contribution in [2.24, 2.45) is 5.92 Å². The predicted octanol–water partition coefficient (Wildman–Crippen LogP) is 2.68. The number of fused-ring (bicyclic) bond motifs is 1. The molecule has 0 radical (unpaired) electrons. The Kier molecular flexibility index (Phi) is 4.86. The smallest absolute Gasteiger partial charge is 0.256 e. The highest BCUT2D eigenvalue weighted by Crippen LogP contribution is 2.32. The number of hydrogen-bond donors (Lipinski definition) is 1. The molecule has 8 heteroatoms. The molecule has 152 valence electrons. The molecule has 1 atom stereocenters. The van der Waals surface area contributed by atoms with Crippen LogP contribution >= 0.6 is 0 Å². The normalized spacial score (nSPS) is 18.4. The average Bonchev–Trinajstić information content (AvgIpc) is 3.31. The standard InChI is InChI=1S/C21H25N5O3/c1-12(2)17-6-5-7-25(17)21(28)15-8-18-20(22-9-15)23-10-19(27)26(18)11-16-13(3)24-29-14(16)4/h5-6,8-9,12,17H,7,10-11H2,1-4H3,(H,22,23). The van der Waals surface area contributed by atoms with Gasteiger partial charge in [0.25, 0.3) is 5.91 Å². The largest absolute Gasteiger partial charge is 0.361 e. The maximum absolute atomic E-state index is 13.2. The summed E-state index contributed by atoms with van der Waals surface area (Å²) in [5.41, 5.74) is 2.68. The number of carbonyl (C=O) groups excluding carboxylic acids is 2. The van der Waals surface area contributed by atoms with Crippen LogP contribution in [0, 0.1) is 19.8 Å². The highest BCUT2D eigenvalue weighted by molar-refractivity contribution is 6.04. The number of rotatable bonds is 4. The topological polar surface area (TPSA) is 91.6 Å². The van der Waals surface area contributed by atoms with Gasteiger partial charge < -0.3 is 19.6 Å². The summed E-state index contributed by atoms with van der Waals surface area (Å²) < 4.78 is 5.24. The van der Waals surface area contributed by atoms with Gasteiger partial charge in [-0.3, -0.25) is 9.59 Å². The van der Waals surface area contributed by atoms with Gasteiger partial charge in [0.15, 0.2) is 5.82 Å². The molecular formula is C21H25N5O3. The lowest BCUT2D eigenvalue weighted by molar-refractivity contribution is -0.117. The molecule has 2 aromatic heterocycles. The molecule has 1 N–H and O–H groups in total. The van der Waals surface area contributed by atoms with Crippen LogP contribution in [0.1, 0.15) is 41.2 Å². The lowest BCUT2D eigenvalue weighted by Gasteiger charge is -2.31. The number of hydrogen-bond acceptors (Lipinski definition) is 6. The Bertz CT molecular complexity index is 975. The van der Waals surface area contributed by atoms with E-state index in [-0.39, 0.29) is 24.4 Å². The Morgan fingerprint density at radius 3 is 2.86 bits per heavy atom. The van der Waals surface area contributed by atoms with Gasteiger partial charge in [-0.15, -0.1) is 0 Å². The van der Waals surface area contributed by atoms with E-state index < -0.39 is 0 Å². The van der Waals surface area contributed by atoms with Crippen molar-refractivity contribution >= 4 is 23.3 Å². The van der Waals surface area contributed by atoms with Crippen molar-refractivity contribution in [3.63, 3.8) is 0 Å². The zero-order valence-electron chi connectivity index (χ0n) is 17.1. The van der Waals surface area contributed by atoms with Gasteiger partial charge in [-0.05, 0) is 25.8 Å². The van der Waals surface area contributed by atoms with Gasteiger partial charge in [0, 0.05) is 18.3 Å². The Morgan fingerprint density at radius 2 is 2.17 bits per heavy atom. The summed E-state index contributed by atoms with van der Waals surface area (Å²) in [6.07, 6.45) is 5.67. The van der Waals surface area contributed by atoms with Crippen molar-refractivity contribution in [3.05, 3.63) is 47.0 Å². The third kappa shape index (κ3) is 3.39. The minimum Gasteiger partial charge on any atom is -0.361 e. The van der Waals surface area contributed by atoms with Crippen LogP contribution in [0.15, 0.2) is 28.9 Å². The number of pyridine rings is 1. The summed E-state index contributed by atoms with van der Waals surface area (Å²) in [7, 11) is 0. The average molecular weight is 395 g/mol. The van der Waals surface area contributed by atoms with Gasteiger partial charge in [0.05, 0.1) is 36.1 Å². The molecule has 2 aliphatic heterocycles. The van der Waals surface area contributed by atoms with E-state index in [4.69, 9.17) is 4.52 Å². The number of anilines is 2. The van der Waals surface area contributed by atoms with Crippen molar-refractivity contribution in [1.29, 1.82) is 0 Å². The van der Waals surface area contributed by atoms with Gasteiger partial charge in [0.2, 0.25) is 5.91 Å². The van der Waals surface area contributed by atoms with Crippen LogP contribution in [-0.2, 0) is 11.3 Å². The van der Waals surface area contributed by atoms with E-state index in [0.717, 1.165) is 11.3 Å². The number of nitrogens with one attached hydrogen (secondary N) is 1. The number of aryl methyl sites for hydroxylation is 2. The van der Waals surface area contributed by atoms with Crippen LogP contribution in [0.25, 0.3) is 0 Å². The monoisotopic (exact) mass is 395 g/mol. The highest BCUT2D eigenvalue weighted by atomic mass is 16.5. The van der Waals surface area contributed by atoms with Gasteiger partial charge in [-0.2, -0.15) is 0 Å². The van der Waals surface area contributed by atoms with Crippen molar-refractivity contribution in [1.82, 2.24) is 15.0 Å². The lowest BCUT2D eigenvalue weighted by Crippen LogP contribution is -2.41. The zero-order chi connectivity index (χ0) is 20.7. The van der Waals surface area contributed by atoms with E-state index in [9.17, 15) is 9.59 Å². The summed E-state index contributed by atoms with van der Waals surface area (Å²) in [4.78, 5) is 33.7. The van der Waals surface area contributed by atoms with Crippen LogP contribution in [0.5, 0.6) is 0 Å². The maximum Gasteiger partial charge on any atom is 0.256 e. The summed E-state index contributed by atoms with van der Waals surface area (Å²) >= 11 is 0. The molecule has 0 saturated heterocycles. The number of aromatic nitrogens is 2. The van der Waals surface area contributed by atoms with Crippen LogP contribution < -0.4 is 10.2 Å². The first kappa shape index (κ1) is 19.2. The van der Waals surface area contributed by atoms with Crippen LogP contribution in [0.4, 0.5) is 11.5 Å². The van der Waals surface area contributed by atoms with Gasteiger partial charge in [-0.1, -0.05) is 31.2 Å². The van der Waals surface area contributed by atoms with Gasteiger partial charge in [-0.25, -0.2) is 4.98 Å². The van der Waals surface area contributed by atoms with Gasteiger partial charge >= 0.3 is 0 Å². The molecule has 8 nitrogen and oxygen atoms in total. The lowest BCUT2D eigenvalue weighted by atomic mass is 10.0. The Balaban J connectivity index is 1.67. The molecular weight excluding hydrogens is 370 g/mol. The molecule has 2 amide bonds. The van der Waals surface area contributed by atoms with Gasteiger partial charge in [0.1, 0.15) is 5.76 Å². The number of nitrogens with zero attached hydrogens (tertiary/aromatic N) is 4. The molecule has 0 aromatic carbocycles. The fraction of sp³-hybridized carbons (Fsp3) is 0.429. The van der Waals surface area contributed by atoms with Crippen LogP contribution in [0.3, 0.4) is 0 Å². The summed E-state index contributed by atoms with van der Waals surface area (Å²) in [6, 6.07) is 1.82. The van der Waals surface area contributed by atoms with E-state index in [0.29, 0.717) is 41.8 Å². The zero-order valence-corrected chi connectivity index (χ0v) is 17.1. The molecule has 0 bridgehead atoms. The van der Waals surface area contributed by atoms with Crippen molar-refractivity contribution < 1.29 is 14.1 Å². The molecule has 0 aliphatic carbocycles. The minimum atomic E-state index is -0.0909. The number of carbonyl (C=O) groups is 2. The predicted molar refractivity (Wildman–Crippen MR) is 109 cm³/mol. The SMILES string of the molecule is Cc1noc(C)c1CN1C(=O)CNc2ncc(C(=O)N3CC=CC3C(C)C)cc21. The summed E-state index contributed by atoms with van der Waals surface area (Å²) in [6.45, 7) is 8.94. The van der Waals surface area contributed by atoms with E-state index in [1.54, 1.807) is 17.2 Å². The Morgan fingerprint density at radius 1 is 1.38 bits per heavy atom. The van der Waals surface area contributed by atoms with E-state index in [1.165, 1.54) is 0 Å². The van der Waals surface area contributed by atoms with E-state index in [2.05, 4.69) is 35.4 Å². The molecule has 0 fully saturated rings. The third-order valence-electron chi connectivity index (χ3n) is 5.55. The van der Waals surface area contributed by atoms with Crippen LogP contribution in [-0.4, -0.2) is 46.0 Å². The molecule has 29 heavy (non-hydrogen) atoms. The molecule has 0 spiro atoms. The van der Waals surface area contributed by atoms with E-state index >= 15 is 0 Å². The molecule has 2 aliphatic rings. The molecule has 0 saturated carbocycles. The second kappa shape index (κ2) is 7.35. The van der Waals surface area contributed by atoms with Crippen molar-refractivity contribution in [3.8, 4) is 0 Å². The maximum atomic E-state index is 13.2. The van der Waals surface area contributed by atoms with Crippen molar-refractivity contribution in [2.45, 2.75) is 40.3 Å². The molecule has 2 aromatic rings. The molecule has 4 heterocycles. The van der Waals surface area contributed by atoms with Crippen LogP contribution in [0.2, 0.25) is 0 Å². The fourth-order valence-corrected chi connectivity index (χ4v) is 3.87. The second-order valence-corrected chi connectivity index (χ2v) is 7.85. The third-order valence-corrected chi connectivity index (χ3v) is 5.55. The highest BCUT2D eigenvalue weighted by Gasteiger charge is 2.31. The molecule has 1 unspecified atom stereocenters. The number of amides is 2. The summed E-state index contributed by atoms with van der Waals surface area (Å²) in [5.74, 6) is 1.42. The quantitative estimate of drug-likeness (QED) is 0.801. The minimum absolute atomic E-state index is 0.0664.